The van der Waals surface area contributed by atoms with Crippen molar-refractivity contribution in [2.45, 2.75) is 159 Å². The molecule has 0 heterocycles. The lowest BCUT2D eigenvalue weighted by Crippen LogP contribution is -2.60. The number of aliphatic imine (C=N–C) groups is 2. The second-order valence-corrected chi connectivity index (χ2v) is 22.4. The van der Waals surface area contributed by atoms with Gasteiger partial charge >= 0.3 is 11.9 Å². The summed E-state index contributed by atoms with van der Waals surface area (Å²) in [6, 6.07) is 1.65. The van der Waals surface area contributed by atoms with Gasteiger partial charge in [-0.3, -0.25) is 57.9 Å². The summed E-state index contributed by atoms with van der Waals surface area (Å²) in [7, 11) is 0. The minimum absolute atomic E-state index is 0.00375. The third kappa shape index (κ3) is 29.8. The van der Waals surface area contributed by atoms with Crippen LogP contribution < -0.4 is 76.9 Å². The summed E-state index contributed by atoms with van der Waals surface area (Å²) >= 11 is 1.30. The standard InChI is InChI=1S/C56H88N16O14S/c1-30(2)27-41(70-46(77)35(57)28-33-15-17-34(73)18-16-33)52(83)66-37(14-10-25-64-56(61)62)47(78)65-36(13-9-24-63-55(59)60)48(79)68-39(20-22-44(75)76)50(81)67-38(19-21-43(58)74)49(80)69-40(23-26-87-5)51(82)71-42(29-32-11-7-6-8-12-32)53(84)72-45(31(3)4)54(85)86/h6-8,11-12,15-18,30-31,35-42,45,73H,9-10,13-14,19-29,57H2,1-5H3,(H2,58,74)(H,65,78)(H,66,83)(H,67,81)(H,68,79)(H,69,80)(H,70,77)(H,71,82)(H,72,84)(H,75,76)(H,85,86)(H4,59,60,63)(H4,61,62,64)/t35-,36-,37-,38-,39-,40-,41-,42-,45-/m0/s1. The van der Waals surface area contributed by atoms with Crippen LogP contribution in [0, 0.1) is 11.8 Å². The number of phenols is 1. The molecular formula is C56H88N16O14S. The summed E-state index contributed by atoms with van der Waals surface area (Å²) in [5, 5.41) is 49.7. The molecule has 482 valence electrons. The maximum Gasteiger partial charge on any atom is 0.326 e. The van der Waals surface area contributed by atoms with Crippen LogP contribution in [0.2, 0.25) is 0 Å². The quantitative estimate of drug-likeness (QED) is 0.0181. The van der Waals surface area contributed by atoms with Crippen molar-refractivity contribution >= 4 is 88.8 Å². The molecular weight excluding hydrogens is 1150 g/mol. The van der Waals surface area contributed by atoms with Crippen molar-refractivity contribution in [1.29, 1.82) is 0 Å². The third-order valence-corrected chi connectivity index (χ3v) is 13.9. The van der Waals surface area contributed by atoms with Gasteiger partial charge in [0, 0.05) is 32.4 Å². The maximum atomic E-state index is 14.5. The number of aromatic hydroxyl groups is 1. The molecule has 0 aliphatic heterocycles. The Kier molecular flexibility index (Phi) is 33.4. The smallest absolute Gasteiger partial charge is 0.326 e. The minimum Gasteiger partial charge on any atom is -0.508 e. The highest BCUT2D eigenvalue weighted by molar-refractivity contribution is 7.98. The average Bonchev–Trinajstić information content (AvgIpc) is 3.09. The number of amides is 9. The van der Waals surface area contributed by atoms with Gasteiger partial charge in [-0.25, -0.2) is 4.79 Å². The summed E-state index contributed by atoms with van der Waals surface area (Å²) in [5.74, 6) is -12.0. The molecule has 9 atom stereocenters. The van der Waals surface area contributed by atoms with E-state index in [2.05, 4.69) is 52.5 Å². The van der Waals surface area contributed by atoms with Crippen LogP contribution >= 0.6 is 11.8 Å². The fraction of sp³-hybridized carbons (Fsp3) is 0.554. The Morgan fingerprint density at radius 3 is 1.31 bits per heavy atom. The first-order valence-corrected chi connectivity index (χ1v) is 29.7. The Hall–Kier alpha value is -8.74. The van der Waals surface area contributed by atoms with Crippen LogP contribution in [0.3, 0.4) is 0 Å². The van der Waals surface area contributed by atoms with Gasteiger partial charge in [0.05, 0.1) is 6.04 Å². The summed E-state index contributed by atoms with van der Waals surface area (Å²) < 4.78 is 0. The van der Waals surface area contributed by atoms with Crippen LogP contribution in [0.4, 0.5) is 0 Å². The number of benzene rings is 2. The molecule has 0 saturated heterocycles. The SMILES string of the molecule is CSCC[C@H](NC(=O)[C@H](CCC(N)=O)NC(=O)[C@H](CCC(=O)O)NC(=O)[C@H](CCCN=C(N)N)NC(=O)[C@H](CCCN=C(N)N)NC(=O)[C@H](CC(C)C)NC(=O)[C@@H](N)Cc1ccc(O)cc1)C(=O)N[C@@H](Cc1ccccc1)C(=O)N[C@H](C(=O)O)C(C)C. The molecule has 0 aliphatic carbocycles. The largest absolute Gasteiger partial charge is 0.508 e. The zero-order valence-electron chi connectivity index (χ0n) is 49.8. The molecule has 23 N–H and O–H groups in total. The molecule has 0 radical (unpaired) electrons. The van der Waals surface area contributed by atoms with Gasteiger partial charge in [-0.2, -0.15) is 11.8 Å². The van der Waals surface area contributed by atoms with Crippen molar-refractivity contribution in [1.82, 2.24) is 42.5 Å². The van der Waals surface area contributed by atoms with E-state index in [0.29, 0.717) is 11.1 Å². The van der Waals surface area contributed by atoms with E-state index in [4.69, 9.17) is 34.4 Å². The average molecular weight is 1240 g/mol. The molecule has 0 aromatic heterocycles. The first kappa shape index (κ1) is 74.4. The summed E-state index contributed by atoms with van der Waals surface area (Å²) in [5.41, 5.74) is 35.0. The molecule has 9 amide bonds. The van der Waals surface area contributed by atoms with Crippen molar-refractivity contribution in [2.24, 2.45) is 56.2 Å². The molecule has 31 heteroatoms. The van der Waals surface area contributed by atoms with Crippen LogP contribution in [0.1, 0.15) is 103 Å². The number of hydrogen-bond donors (Lipinski definition) is 17. The van der Waals surface area contributed by atoms with Gasteiger partial charge in [0.25, 0.3) is 0 Å². The summed E-state index contributed by atoms with van der Waals surface area (Å²) in [6.45, 7) is 6.69. The Morgan fingerprint density at radius 2 is 0.897 bits per heavy atom. The van der Waals surface area contributed by atoms with Gasteiger partial charge in [0.2, 0.25) is 53.2 Å². The first-order chi connectivity index (χ1) is 41.0. The highest BCUT2D eigenvalue weighted by Crippen LogP contribution is 2.15. The number of nitrogens with zero attached hydrogens (tertiary/aromatic N) is 2. The normalized spacial score (nSPS) is 14.1. The molecule has 0 fully saturated rings. The van der Waals surface area contributed by atoms with Crippen LogP contribution in [0.25, 0.3) is 0 Å². The van der Waals surface area contributed by atoms with Crippen LogP contribution in [-0.4, -0.2) is 172 Å². The molecule has 2 aromatic rings. The number of nitrogens with two attached hydrogens (primary N) is 6. The molecule has 0 bridgehead atoms. The zero-order chi connectivity index (χ0) is 65.3. The number of thioether (sulfide) groups is 1. The number of primary amides is 1. The molecule has 0 saturated carbocycles. The number of hydrogen-bond acceptors (Lipinski definition) is 16. The number of nitrogens with one attached hydrogen (secondary N) is 8. The van der Waals surface area contributed by atoms with Crippen molar-refractivity contribution < 1.29 is 68.1 Å². The van der Waals surface area contributed by atoms with Gasteiger partial charge in [-0.05, 0) is 105 Å². The molecule has 2 aromatic carbocycles. The fourth-order valence-electron chi connectivity index (χ4n) is 8.56. The molecule has 0 aliphatic rings. The third-order valence-electron chi connectivity index (χ3n) is 13.2. The fourth-order valence-corrected chi connectivity index (χ4v) is 9.03. The number of rotatable bonds is 41. The lowest BCUT2D eigenvalue weighted by atomic mass is 10.0. The summed E-state index contributed by atoms with van der Waals surface area (Å²) in [4.78, 5) is 157. The predicted octanol–water partition coefficient (Wildman–Crippen LogP) is -2.84. The molecule has 30 nitrogen and oxygen atoms in total. The Labute approximate surface area is 509 Å². The van der Waals surface area contributed by atoms with Gasteiger partial charge < -0.3 is 92.3 Å². The van der Waals surface area contributed by atoms with E-state index in [1.165, 1.54) is 23.9 Å². The van der Waals surface area contributed by atoms with Crippen molar-refractivity contribution in [3.05, 3.63) is 65.7 Å². The van der Waals surface area contributed by atoms with Crippen LogP contribution in [-0.2, 0) is 65.6 Å². The van der Waals surface area contributed by atoms with E-state index < -0.39 is 151 Å². The lowest BCUT2D eigenvalue weighted by molar-refractivity contribution is -0.143. The van der Waals surface area contributed by atoms with Gasteiger partial charge in [-0.1, -0.05) is 70.2 Å². The number of guanidine groups is 2. The highest BCUT2D eigenvalue weighted by atomic mass is 32.2. The van der Waals surface area contributed by atoms with E-state index in [9.17, 15) is 68.1 Å². The maximum absolute atomic E-state index is 14.5. The predicted molar refractivity (Wildman–Crippen MR) is 325 cm³/mol. The van der Waals surface area contributed by atoms with E-state index in [1.807, 2.05) is 0 Å². The van der Waals surface area contributed by atoms with Crippen LogP contribution in [0.15, 0.2) is 64.6 Å². The van der Waals surface area contributed by atoms with E-state index in [0.717, 1.165) is 0 Å². The number of aliphatic carboxylic acids is 2. The Bertz CT molecular complexity index is 2680. The molecule has 0 spiro atoms. The van der Waals surface area contributed by atoms with Gasteiger partial charge in [0.15, 0.2) is 11.9 Å². The number of carbonyl (C=O) groups excluding carboxylic acids is 9. The second-order valence-electron chi connectivity index (χ2n) is 21.4. The summed E-state index contributed by atoms with van der Waals surface area (Å²) in [6.07, 6.45) is -0.799. The number of carbonyl (C=O) groups is 11. The zero-order valence-corrected chi connectivity index (χ0v) is 50.6. The first-order valence-electron chi connectivity index (χ1n) is 28.3. The molecule has 2 rings (SSSR count). The highest BCUT2D eigenvalue weighted by Gasteiger charge is 2.36. The van der Waals surface area contributed by atoms with Gasteiger partial charge in [0.1, 0.15) is 54.1 Å². The van der Waals surface area contributed by atoms with Crippen molar-refractivity contribution in [3.63, 3.8) is 0 Å². The molecule has 0 unspecified atom stereocenters. The Morgan fingerprint density at radius 1 is 0.494 bits per heavy atom. The van der Waals surface area contributed by atoms with Gasteiger partial charge in [-0.15, -0.1) is 0 Å². The van der Waals surface area contributed by atoms with Crippen molar-refractivity contribution in [2.75, 3.05) is 25.1 Å². The van der Waals surface area contributed by atoms with E-state index in [-0.39, 0.29) is 93.8 Å². The van der Waals surface area contributed by atoms with E-state index >= 15 is 0 Å². The Balaban J connectivity index is 2.55. The van der Waals surface area contributed by atoms with Crippen molar-refractivity contribution in [3.8, 4) is 5.75 Å². The topological polar surface area (TPSA) is 526 Å². The monoisotopic (exact) mass is 1240 g/mol. The molecule has 87 heavy (non-hydrogen) atoms. The number of carboxylic acid groups (broad SMARTS) is 2. The second kappa shape index (κ2) is 39.1. The number of phenolic OH excluding ortho intramolecular Hbond substituents is 1. The van der Waals surface area contributed by atoms with E-state index in [1.54, 1.807) is 76.4 Å². The number of carboxylic acids is 2. The minimum atomic E-state index is -1.77. The van der Waals surface area contributed by atoms with Crippen LogP contribution in [0.5, 0.6) is 5.75 Å². The lowest BCUT2D eigenvalue weighted by Gasteiger charge is -2.28.